The standard InChI is InChI=1S/C7H13F2N/c1-5(4-10)2-6-3-7(6,8)9/h5-6H,2-4,10H2,1H3/t5-,6?/m1/s1. The smallest absolute Gasteiger partial charge is 0.251 e. The summed E-state index contributed by atoms with van der Waals surface area (Å²) in [5.74, 6) is -2.48. The van der Waals surface area contributed by atoms with Gasteiger partial charge in [-0.25, -0.2) is 8.78 Å². The minimum atomic E-state index is -2.36. The zero-order valence-electron chi connectivity index (χ0n) is 6.11. The Hall–Kier alpha value is -0.180. The van der Waals surface area contributed by atoms with Crippen LogP contribution in [0.4, 0.5) is 8.78 Å². The average molecular weight is 149 g/mol. The van der Waals surface area contributed by atoms with Crippen molar-refractivity contribution in [3.05, 3.63) is 0 Å². The van der Waals surface area contributed by atoms with E-state index in [9.17, 15) is 8.78 Å². The molecule has 0 amide bonds. The van der Waals surface area contributed by atoms with Gasteiger partial charge in [-0.15, -0.1) is 0 Å². The summed E-state index contributed by atoms with van der Waals surface area (Å²) in [7, 11) is 0. The first-order chi connectivity index (χ1) is 4.56. The highest BCUT2D eigenvalue weighted by atomic mass is 19.3. The first-order valence-electron chi connectivity index (χ1n) is 3.64. The van der Waals surface area contributed by atoms with Crippen molar-refractivity contribution in [3.8, 4) is 0 Å². The summed E-state index contributed by atoms with van der Waals surface area (Å²) in [6.45, 7) is 2.43. The molecule has 2 atom stereocenters. The van der Waals surface area contributed by atoms with E-state index in [4.69, 9.17) is 5.73 Å². The van der Waals surface area contributed by atoms with E-state index < -0.39 is 5.92 Å². The third kappa shape index (κ3) is 1.66. The minimum Gasteiger partial charge on any atom is -0.330 e. The molecule has 1 nitrogen and oxygen atoms in total. The van der Waals surface area contributed by atoms with Crippen LogP contribution >= 0.6 is 0 Å². The molecule has 0 saturated heterocycles. The van der Waals surface area contributed by atoms with Crippen molar-refractivity contribution in [1.29, 1.82) is 0 Å². The largest absolute Gasteiger partial charge is 0.330 e. The SMILES string of the molecule is C[C@@H](CN)CC1CC1(F)F. The predicted molar refractivity (Wildman–Crippen MR) is 35.9 cm³/mol. The molecule has 0 aromatic carbocycles. The highest BCUT2D eigenvalue weighted by molar-refractivity contribution is 4.95. The van der Waals surface area contributed by atoms with Crippen molar-refractivity contribution >= 4 is 0 Å². The van der Waals surface area contributed by atoms with Crippen LogP contribution in [0.2, 0.25) is 0 Å². The normalized spacial score (nSPS) is 31.8. The highest BCUT2D eigenvalue weighted by Crippen LogP contribution is 2.51. The maximum Gasteiger partial charge on any atom is 0.251 e. The van der Waals surface area contributed by atoms with Gasteiger partial charge in [-0.1, -0.05) is 6.92 Å². The monoisotopic (exact) mass is 149 g/mol. The molecular weight excluding hydrogens is 136 g/mol. The lowest BCUT2D eigenvalue weighted by molar-refractivity contribution is 0.0938. The maximum atomic E-state index is 12.3. The summed E-state index contributed by atoms with van der Waals surface area (Å²) in [5, 5.41) is 0. The molecule has 60 valence electrons. The van der Waals surface area contributed by atoms with Gasteiger partial charge < -0.3 is 5.73 Å². The van der Waals surface area contributed by atoms with Gasteiger partial charge in [-0.3, -0.25) is 0 Å². The third-order valence-electron chi connectivity index (χ3n) is 2.04. The molecule has 1 aliphatic carbocycles. The Balaban J connectivity index is 2.17. The zero-order valence-corrected chi connectivity index (χ0v) is 6.11. The number of halogens is 2. The maximum absolute atomic E-state index is 12.3. The van der Waals surface area contributed by atoms with Gasteiger partial charge in [0, 0.05) is 12.3 Å². The molecule has 0 heterocycles. The Morgan fingerprint density at radius 1 is 1.70 bits per heavy atom. The second-order valence-electron chi connectivity index (χ2n) is 3.24. The summed E-state index contributed by atoms with van der Waals surface area (Å²) in [6, 6.07) is 0. The molecule has 0 aromatic rings. The minimum absolute atomic E-state index is 0.0807. The average Bonchev–Trinajstić information content (AvgIpc) is 2.40. The van der Waals surface area contributed by atoms with Crippen molar-refractivity contribution in [1.82, 2.24) is 0 Å². The fourth-order valence-electron chi connectivity index (χ4n) is 1.11. The summed E-state index contributed by atoms with van der Waals surface area (Å²) in [5.41, 5.74) is 5.29. The molecule has 2 N–H and O–H groups in total. The highest BCUT2D eigenvalue weighted by Gasteiger charge is 2.56. The Morgan fingerprint density at radius 2 is 2.20 bits per heavy atom. The first-order valence-corrected chi connectivity index (χ1v) is 3.64. The van der Waals surface area contributed by atoms with E-state index in [1.54, 1.807) is 0 Å². The van der Waals surface area contributed by atoms with E-state index in [2.05, 4.69) is 0 Å². The summed E-state index contributed by atoms with van der Waals surface area (Å²) >= 11 is 0. The van der Waals surface area contributed by atoms with Crippen LogP contribution in [0.5, 0.6) is 0 Å². The van der Waals surface area contributed by atoms with E-state index >= 15 is 0 Å². The van der Waals surface area contributed by atoms with E-state index in [0.717, 1.165) is 0 Å². The molecule has 0 aliphatic heterocycles. The van der Waals surface area contributed by atoms with Gasteiger partial charge in [0.05, 0.1) is 0 Å². The lowest BCUT2D eigenvalue weighted by Crippen LogP contribution is -2.12. The second-order valence-corrected chi connectivity index (χ2v) is 3.24. The molecule has 1 unspecified atom stereocenters. The topological polar surface area (TPSA) is 26.0 Å². The number of rotatable bonds is 3. The molecule has 0 radical (unpaired) electrons. The lowest BCUT2D eigenvalue weighted by atomic mass is 10.1. The van der Waals surface area contributed by atoms with Crippen LogP contribution < -0.4 is 5.73 Å². The molecule has 3 heteroatoms. The summed E-state index contributed by atoms with van der Waals surface area (Å²) in [6.07, 6.45) is 0.668. The van der Waals surface area contributed by atoms with E-state index in [1.807, 2.05) is 6.92 Å². The van der Waals surface area contributed by atoms with Crippen molar-refractivity contribution in [2.24, 2.45) is 17.6 Å². The number of alkyl halides is 2. The predicted octanol–water partition coefficient (Wildman–Crippen LogP) is 1.63. The van der Waals surface area contributed by atoms with Gasteiger partial charge in [0.1, 0.15) is 0 Å². The lowest BCUT2D eigenvalue weighted by Gasteiger charge is -2.05. The van der Waals surface area contributed by atoms with Crippen LogP contribution in [-0.2, 0) is 0 Å². The molecule has 10 heavy (non-hydrogen) atoms. The van der Waals surface area contributed by atoms with Gasteiger partial charge >= 0.3 is 0 Å². The quantitative estimate of drug-likeness (QED) is 0.648. The van der Waals surface area contributed by atoms with Crippen LogP contribution in [0.1, 0.15) is 19.8 Å². The molecule has 1 saturated carbocycles. The van der Waals surface area contributed by atoms with Crippen molar-refractivity contribution < 1.29 is 8.78 Å². The van der Waals surface area contributed by atoms with Crippen molar-refractivity contribution in [3.63, 3.8) is 0 Å². The Morgan fingerprint density at radius 3 is 2.50 bits per heavy atom. The fraction of sp³-hybridized carbons (Fsp3) is 1.00. The van der Waals surface area contributed by atoms with E-state index in [0.29, 0.717) is 13.0 Å². The Labute approximate surface area is 59.6 Å². The molecule has 1 rings (SSSR count). The van der Waals surface area contributed by atoms with Crippen LogP contribution in [-0.4, -0.2) is 12.5 Å². The van der Waals surface area contributed by atoms with Gasteiger partial charge in [-0.2, -0.15) is 0 Å². The van der Waals surface area contributed by atoms with Gasteiger partial charge in [0.2, 0.25) is 0 Å². The Bertz CT molecular complexity index is 125. The molecule has 0 spiro atoms. The van der Waals surface area contributed by atoms with E-state index in [1.165, 1.54) is 0 Å². The van der Waals surface area contributed by atoms with Crippen molar-refractivity contribution in [2.75, 3.05) is 6.54 Å². The molecule has 1 aliphatic rings. The van der Waals surface area contributed by atoms with Gasteiger partial charge in [0.25, 0.3) is 5.92 Å². The molecule has 0 aromatic heterocycles. The summed E-state index contributed by atoms with van der Waals surface area (Å²) in [4.78, 5) is 0. The number of hydrogen-bond donors (Lipinski definition) is 1. The van der Waals surface area contributed by atoms with Crippen LogP contribution in [0, 0.1) is 11.8 Å². The second kappa shape index (κ2) is 2.46. The number of hydrogen-bond acceptors (Lipinski definition) is 1. The van der Waals surface area contributed by atoms with Crippen LogP contribution in [0.15, 0.2) is 0 Å². The Kier molecular flexibility index (Phi) is 1.95. The molecular formula is C7H13F2N. The van der Waals surface area contributed by atoms with Crippen LogP contribution in [0.3, 0.4) is 0 Å². The van der Waals surface area contributed by atoms with Crippen LogP contribution in [0.25, 0.3) is 0 Å². The van der Waals surface area contributed by atoms with E-state index in [-0.39, 0.29) is 18.3 Å². The fourth-order valence-corrected chi connectivity index (χ4v) is 1.11. The first kappa shape index (κ1) is 7.92. The van der Waals surface area contributed by atoms with Gasteiger partial charge in [0.15, 0.2) is 0 Å². The summed E-state index contributed by atoms with van der Waals surface area (Å²) < 4.78 is 24.5. The van der Waals surface area contributed by atoms with Crippen molar-refractivity contribution in [2.45, 2.75) is 25.7 Å². The third-order valence-corrected chi connectivity index (χ3v) is 2.04. The van der Waals surface area contributed by atoms with Gasteiger partial charge in [-0.05, 0) is 18.9 Å². The zero-order chi connectivity index (χ0) is 7.78. The molecule has 1 fully saturated rings. The number of nitrogens with two attached hydrogens (primary N) is 1. The molecule has 0 bridgehead atoms.